The molecule has 0 spiro atoms. The number of aliphatic carboxylic acids is 1. The predicted molar refractivity (Wildman–Crippen MR) is 64.7 cm³/mol. The van der Waals surface area contributed by atoms with Gasteiger partial charge in [-0.3, -0.25) is 9.59 Å². The fraction of sp³-hybridized carbons (Fsp3) is 0.333. The van der Waals surface area contributed by atoms with E-state index in [0.717, 1.165) is 0 Å². The van der Waals surface area contributed by atoms with Crippen LogP contribution in [0, 0.1) is 0 Å². The summed E-state index contributed by atoms with van der Waals surface area (Å²) < 4.78 is 0. The molecule has 1 amide bonds. The molecule has 0 bridgehead atoms. The average Bonchev–Trinajstić information content (AvgIpc) is 2.28. The first-order valence-corrected chi connectivity index (χ1v) is 5.41. The molecule has 0 saturated heterocycles. The summed E-state index contributed by atoms with van der Waals surface area (Å²) in [6, 6.07) is 6.13. The number of carbonyl (C=O) groups is 2. The lowest BCUT2D eigenvalue weighted by atomic mass is 10.1. The van der Waals surface area contributed by atoms with Crippen LogP contribution in [0.15, 0.2) is 24.3 Å². The number of nitrogen functional groups attached to an aromatic ring is 1. The minimum Gasteiger partial charge on any atom is -0.481 e. The van der Waals surface area contributed by atoms with Crippen LogP contribution >= 0.6 is 0 Å². The van der Waals surface area contributed by atoms with Crippen LogP contribution in [0.25, 0.3) is 0 Å². The largest absolute Gasteiger partial charge is 0.481 e. The highest BCUT2D eigenvalue weighted by Crippen LogP contribution is 2.06. The molecule has 1 atom stereocenters. The second-order valence-electron chi connectivity index (χ2n) is 3.80. The van der Waals surface area contributed by atoms with Gasteiger partial charge in [-0.25, -0.2) is 0 Å². The van der Waals surface area contributed by atoms with Gasteiger partial charge < -0.3 is 16.2 Å². The number of hydrogen-bond acceptors (Lipinski definition) is 3. The summed E-state index contributed by atoms with van der Waals surface area (Å²) in [4.78, 5) is 22.3. The summed E-state index contributed by atoms with van der Waals surface area (Å²) in [6.07, 6.45) is 0.504. The van der Waals surface area contributed by atoms with Crippen molar-refractivity contribution in [3.05, 3.63) is 29.8 Å². The van der Waals surface area contributed by atoms with E-state index >= 15 is 0 Å². The van der Waals surface area contributed by atoms with Gasteiger partial charge in [0.1, 0.15) is 0 Å². The van der Waals surface area contributed by atoms with Crippen molar-refractivity contribution in [2.45, 2.75) is 25.8 Å². The van der Waals surface area contributed by atoms with Gasteiger partial charge in [0.25, 0.3) is 5.91 Å². The molecule has 4 N–H and O–H groups in total. The molecule has 5 heteroatoms. The molecule has 5 nitrogen and oxygen atoms in total. The van der Waals surface area contributed by atoms with Crippen LogP contribution in [0.4, 0.5) is 5.69 Å². The summed E-state index contributed by atoms with van der Waals surface area (Å²) in [5.74, 6) is -1.20. The molecule has 0 aliphatic carbocycles. The normalized spacial score (nSPS) is 11.8. The van der Waals surface area contributed by atoms with Gasteiger partial charge in [-0.2, -0.15) is 0 Å². The van der Waals surface area contributed by atoms with E-state index in [-0.39, 0.29) is 18.4 Å². The van der Waals surface area contributed by atoms with Gasteiger partial charge in [0.15, 0.2) is 0 Å². The lowest BCUT2D eigenvalue weighted by molar-refractivity contribution is -0.137. The fourth-order valence-corrected chi connectivity index (χ4v) is 1.41. The van der Waals surface area contributed by atoms with Gasteiger partial charge >= 0.3 is 5.97 Å². The molecule has 1 rings (SSSR count). The number of nitrogens with two attached hydrogens (primary N) is 1. The number of carboxylic acids is 1. The number of carboxylic acid groups (broad SMARTS) is 1. The Morgan fingerprint density at radius 2 is 1.94 bits per heavy atom. The van der Waals surface area contributed by atoms with E-state index in [4.69, 9.17) is 10.8 Å². The quantitative estimate of drug-likeness (QED) is 0.671. The van der Waals surface area contributed by atoms with E-state index < -0.39 is 5.97 Å². The highest BCUT2D eigenvalue weighted by Gasteiger charge is 2.14. The predicted octanol–water partition coefficient (Wildman–Crippen LogP) is 1.25. The number of anilines is 1. The van der Waals surface area contributed by atoms with Crippen LogP contribution in [-0.2, 0) is 4.79 Å². The highest BCUT2D eigenvalue weighted by molar-refractivity contribution is 5.94. The smallest absolute Gasteiger partial charge is 0.305 e. The number of hydrogen-bond donors (Lipinski definition) is 3. The van der Waals surface area contributed by atoms with E-state index in [1.165, 1.54) is 0 Å². The fourth-order valence-electron chi connectivity index (χ4n) is 1.41. The summed E-state index contributed by atoms with van der Waals surface area (Å²) >= 11 is 0. The molecule has 0 heterocycles. The summed E-state index contributed by atoms with van der Waals surface area (Å²) in [7, 11) is 0. The van der Waals surface area contributed by atoms with Gasteiger partial charge in [0.2, 0.25) is 0 Å². The van der Waals surface area contributed by atoms with Crippen LogP contribution in [0.5, 0.6) is 0 Å². The maximum atomic E-state index is 11.8. The molecule has 0 aliphatic heterocycles. The maximum Gasteiger partial charge on any atom is 0.305 e. The number of carbonyl (C=O) groups excluding carboxylic acids is 1. The van der Waals surface area contributed by atoms with Gasteiger partial charge in [0.05, 0.1) is 6.42 Å². The molecule has 0 fully saturated rings. The molecule has 0 aromatic heterocycles. The molecule has 1 aromatic rings. The second-order valence-corrected chi connectivity index (χ2v) is 3.80. The molecular weight excluding hydrogens is 220 g/mol. The van der Waals surface area contributed by atoms with Crippen LogP contribution in [0.3, 0.4) is 0 Å². The Hall–Kier alpha value is -2.04. The molecule has 0 radical (unpaired) electrons. The second kappa shape index (κ2) is 5.89. The summed E-state index contributed by atoms with van der Waals surface area (Å²) in [5.41, 5.74) is 6.57. The van der Waals surface area contributed by atoms with Crippen molar-refractivity contribution in [1.82, 2.24) is 5.32 Å². The van der Waals surface area contributed by atoms with Crippen molar-refractivity contribution >= 4 is 17.6 Å². The Kier molecular flexibility index (Phi) is 4.51. The van der Waals surface area contributed by atoms with E-state index in [1.807, 2.05) is 6.92 Å². The first-order chi connectivity index (χ1) is 8.02. The van der Waals surface area contributed by atoms with E-state index in [9.17, 15) is 9.59 Å². The Morgan fingerprint density at radius 1 is 1.35 bits per heavy atom. The van der Waals surface area contributed by atoms with Gasteiger partial charge in [-0.05, 0) is 30.7 Å². The van der Waals surface area contributed by atoms with E-state index in [1.54, 1.807) is 24.3 Å². The first-order valence-electron chi connectivity index (χ1n) is 5.41. The van der Waals surface area contributed by atoms with Crippen molar-refractivity contribution in [3.63, 3.8) is 0 Å². The Balaban J connectivity index is 2.64. The van der Waals surface area contributed by atoms with Crippen molar-refractivity contribution in [2.75, 3.05) is 5.73 Å². The van der Waals surface area contributed by atoms with Gasteiger partial charge in [0, 0.05) is 17.3 Å². The maximum absolute atomic E-state index is 11.8. The monoisotopic (exact) mass is 236 g/mol. The Labute approximate surface area is 99.6 Å². The zero-order valence-corrected chi connectivity index (χ0v) is 9.64. The molecule has 1 unspecified atom stereocenters. The zero-order valence-electron chi connectivity index (χ0n) is 9.64. The van der Waals surface area contributed by atoms with Crippen LogP contribution in [0.2, 0.25) is 0 Å². The summed E-state index contributed by atoms with van der Waals surface area (Å²) in [6.45, 7) is 1.83. The molecule has 17 heavy (non-hydrogen) atoms. The third-order valence-electron chi connectivity index (χ3n) is 2.42. The standard InChI is InChI=1S/C12H16N2O3/c1-2-10(7-11(15)16)14-12(17)8-3-5-9(13)6-4-8/h3-6,10H,2,7,13H2,1H3,(H,14,17)(H,15,16). The lowest BCUT2D eigenvalue weighted by Crippen LogP contribution is -2.35. The van der Waals surface area contributed by atoms with Crippen molar-refractivity contribution in [2.24, 2.45) is 0 Å². The third-order valence-corrected chi connectivity index (χ3v) is 2.42. The molecule has 0 aliphatic rings. The molecular formula is C12H16N2O3. The number of amides is 1. The molecule has 1 aromatic carbocycles. The lowest BCUT2D eigenvalue weighted by Gasteiger charge is -2.14. The number of benzene rings is 1. The van der Waals surface area contributed by atoms with E-state index in [2.05, 4.69) is 5.32 Å². The SMILES string of the molecule is CCC(CC(=O)O)NC(=O)c1ccc(N)cc1. The van der Waals surface area contributed by atoms with E-state index in [0.29, 0.717) is 17.7 Å². The minimum absolute atomic E-state index is 0.0722. The summed E-state index contributed by atoms with van der Waals surface area (Å²) in [5, 5.41) is 11.3. The van der Waals surface area contributed by atoms with Crippen LogP contribution in [-0.4, -0.2) is 23.0 Å². The van der Waals surface area contributed by atoms with Crippen molar-refractivity contribution in [3.8, 4) is 0 Å². The average molecular weight is 236 g/mol. The Bertz CT molecular complexity index is 401. The topological polar surface area (TPSA) is 92.4 Å². The van der Waals surface area contributed by atoms with Crippen LogP contribution < -0.4 is 11.1 Å². The molecule has 92 valence electrons. The molecule has 0 saturated carbocycles. The van der Waals surface area contributed by atoms with Crippen molar-refractivity contribution < 1.29 is 14.7 Å². The van der Waals surface area contributed by atoms with Crippen LogP contribution in [0.1, 0.15) is 30.1 Å². The Morgan fingerprint density at radius 3 is 2.41 bits per heavy atom. The third kappa shape index (κ3) is 4.14. The highest BCUT2D eigenvalue weighted by atomic mass is 16.4. The first kappa shape index (κ1) is 13.0. The van der Waals surface area contributed by atoms with Gasteiger partial charge in [-0.15, -0.1) is 0 Å². The van der Waals surface area contributed by atoms with Gasteiger partial charge in [-0.1, -0.05) is 6.92 Å². The zero-order chi connectivity index (χ0) is 12.8. The number of rotatable bonds is 5. The minimum atomic E-state index is -0.922. The number of nitrogens with one attached hydrogen (secondary N) is 1. The van der Waals surface area contributed by atoms with Crippen molar-refractivity contribution in [1.29, 1.82) is 0 Å².